The molecule has 0 radical (unpaired) electrons. The zero-order chi connectivity index (χ0) is 12.7. The molecule has 1 heterocycles. The van der Waals surface area contributed by atoms with Crippen molar-refractivity contribution in [1.29, 1.82) is 0 Å². The molecule has 0 aliphatic heterocycles. The number of nitrogens with zero attached hydrogens (tertiary/aromatic N) is 1. The second kappa shape index (κ2) is 4.25. The standard InChI is InChI=1S/C15H11BrFN/c1-18-14-5-3-2-4-10(14)9-15(18)11-6-7-13(17)12(16)8-11/h2-9H,1H3. The fourth-order valence-corrected chi connectivity index (χ4v) is 2.60. The molecule has 0 spiro atoms. The van der Waals surface area contributed by atoms with Crippen LogP contribution in [0.2, 0.25) is 0 Å². The van der Waals surface area contributed by atoms with Gasteiger partial charge >= 0.3 is 0 Å². The van der Waals surface area contributed by atoms with Gasteiger partial charge in [-0.3, -0.25) is 0 Å². The summed E-state index contributed by atoms with van der Waals surface area (Å²) in [6.45, 7) is 0. The average Bonchev–Trinajstić information content (AvgIpc) is 2.71. The van der Waals surface area contributed by atoms with Crippen LogP contribution in [-0.4, -0.2) is 4.57 Å². The minimum atomic E-state index is -0.238. The molecule has 3 aromatic rings. The Bertz CT molecular complexity index is 730. The third kappa shape index (κ3) is 1.75. The monoisotopic (exact) mass is 303 g/mol. The molecule has 3 heteroatoms. The Kier molecular flexibility index (Phi) is 2.71. The lowest BCUT2D eigenvalue weighted by molar-refractivity contribution is 0.621. The summed E-state index contributed by atoms with van der Waals surface area (Å²) in [6.07, 6.45) is 0. The molecule has 0 unspecified atom stereocenters. The number of aryl methyl sites for hydroxylation is 1. The van der Waals surface area contributed by atoms with Gasteiger partial charge in [-0.15, -0.1) is 0 Å². The molecule has 2 aromatic carbocycles. The zero-order valence-corrected chi connectivity index (χ0v) is 11.4. The van der Waals surface area contributed by atoms with Crippen molar-refractivity contribution in [2.75, 3.05) is 0 Å². The van der Waals surface area contributed by atoms with Crippen LogP contribution >= 0.6 is 15.9 Å². The fraction of sp³-hybridized carbons (Fsp3) is 0.0667. The molecule has 3 rings (SSSR count). The summed E-state index contributed by atoms with van der Waals surface area (Å²) in [5, 5.41) is 1.19. The average molecular weight is 304 g/mol. The van der Waals surface area contributed by atoms with Gasteiger partial charge in [0.05, 0.1) is 4.47 Å². The van der Waals surface area contributed by atoms with Gasteiger partial charge in [0.25, 0.3) is 0 Å². The topological polar surface area (TPSA) is 4.93 Å². The van der Waals surface area contributed by atoms with Crippen LogP contribution in [0.15, 0.2) is 53.0 Å². The van der Waals surface area contributed by atoms with Crippen LogP contribution in [0, 0.1) is 5.82 Å². The first-order chi connectivity index (χ1) is 8.66. The maximum atomic E-state index is 13.3. The SMILES string of the molecule is Cn1c(-c2ccc(F)c(Br)c2)cc2ccccc21. The van der Waals surface area contributed by atoms with E-state index in [-0.39, 0.29) is 5.82 Å². The third-order valence-corrected chi connectivity index (χ3v) is 3.77. The van der Waals surface area contributed by atoms with Crippen LogP contribution in [0.25, 0.3) is 22.2 Å². The second-order valence-electron chi connectivity index (χ2n) is 4.28. The van der Waals surface area contributed by atoms with E-state index in [9.17, 15) is 4.39 Å². The molecule has 0 amide bonds. The van der Waals surface area contributed by atoms with Crippen LogP contribution in [0.5, 0.6) is 0 Å². The maximum Gasteiger partial charge on any atom is 0.137 e. The molecule has 0 bridgehead atoms. The smallest absolute Gasteiger partial charge is 0.137 e. The van der Waals surface area contributed by atoms with E-state index in [0.29, 0.717) is 4.47 Å². The van der Waals surface area contributed by atoms with Gasteiger partial charge in [-0.1, -0.05) is 18.2 Å². The lowest BCUT2D eigenvalue weighted by atomic mass is 10.1. The van der Waals surface area contributed by atoms with Gasteiger partial charge in [0.1, 0.15) is 5.82 Å². The molecule has 90 valence electrons. The molecule has 1 nitrogen and oxygen atoms in total. The highest BCUT2D eigenvalue weighted by Crippen LogP contribution is 2.29. The highest BCUT2D eigenvalue weighted by Gasteiger charge is 2.09. The quantitative estimate of drug-likeness (QED) is 0.611. The number of rotatable bonds is 1. The van der Waals surface area contributed by atoms with Gasteiger partial charge in [0.15, 0.2) is 0 Å². The van der Waals surface area contributed by atoms with Gasteiger partial charge < -0.3 is 4.57 Å². The third-order valence-electron chi connectivity index (χ3n) is 3.17. The lowest BCUT2D eigenvalue weighted by Gasteiger charge is -2.05. The highest BCUT2D eigenvalue weighted by molar-refractivity contribution is 9.10. The van der Waals surface area contributed by atoms with Crippen LogP contribution in [0.4, 0.5) is 4.39 Å². The molecule has 0 fully saturated rings. The second-order valence-corrected chi connectivity index (χ2v) is 5.13. The largest absolute Gasteiger partial charge is 0.344 e. The van der Waals surface area contributed by atoms with E-state index in [1.54, 1.807) is 6.07 Å². The predicted molar refractivity (Wildman–Crippen MR) is 76.0 cm³/mol. The van der Waals surface area contributed by atoms with Crippen molar-refractivity contribution in [3.63, 3.8) is 0 Å². The Morgan fingerprint density at radius 1 is 1.06 bits per heavy atom. The predicted octanol–water partition coefficient (Wildman–Crippen LogP) is 4.75. The first kappa shape index (κ1) is 11.5. The zero-order valence-electron chi connectivity index (χ0n) is 9.82. The number of hydrogen-bond donors (Lipinski definition) is 0. The van der Waals surface area contributed by atoms with Gasteiger partial charge in [-0.05, 0) is 51.8 Å². The minimum absolute atomic E-state index is 0.238. The van der Waals surface area contributed by atoms with Crippen LogP contribution in [-0.2, 0) is 7.05 Å². The number of hydrogen-bond acceptors (Lipinski definition) is 0. The van der Waals surface area contributed by atoms with Crippen LogP contribution in [0.3, 0.4) is 0 Å². The molecular weight excluding hydrogens is 293 g/mol. The van der Waals surface area contributed by atoms with Gasteiger partial charge in [0.2, 0.25) is 0 Å². The summed E-state index contributed by atoms with van der Waals surface area (Å²) >= 11 is 3.23. The van der Waals surface area contributed by atoms with E-state index in [1.165, 1.54) is 17.0 Å². The van der Waals surface area contributed by atoms with E-state index in [0.717, 1.165) is 11.3 Å². The van der Waals surface area contributed by atoms with E-state index in [2.05, 4.69) is 38.7 Å². The van der Waals surface area contributed by atoms with Crippen molar-refractivity contribution in [2.24, 2.45) is 7.05 Å². The minimum Gasteiger partial charge on any atom is -0.344 e. The molecule has 1 aromatic heterocycles. The van der Waals surface area contributed by atoms with Crippen molar-refractivity contribution < 1.29 is 4.39 Å². The molecule has 0 aliphatic rings. The molecule has 0 saturated carbocycles. The summed E-state index contributed by atoms with van der Waals surface area (Å²) in [4.78, 5) is 0. The number of benzene rings is 2. The fourth-order valence-electron chi connectivity index (χ4n) is 2.22. The number of aromatic nitrogens is 1. The number of halogens is 2. The van der Waals surface area contributed by atoms with Crippen LogP contribution < -0.4 is 0 Å². The van der Waals surface area contributed by atoms with E-state index >= 15 is 0 Å². The highest BCUT2D eigenvalue weighted by atomic mass is 79.9. The Hall–Kier alpha value is -1.61. The molecule has 0 atom stereocenters. The Morgan fingerprint density at radius 3 is 2.56 bits per heavy atom. The first-order valence-electron chi connectivity index (χ1n) is 5.67. The van der Waals surface area contributed by atoms with Crippen molar-refractivity contribution in [3.8, 4) is 11.3 Å². The summed E-state index contributed by atoms with van der Waals surface area (Å²) < 4.78 is 15.9. The lowest BCUT2D eigenvalue weighted by Crippen LogP contribution is -1.91. The normalized spacial score (nSPS) is 11.1. The van der Waals surface area contributed by atoms with Gasteiger partial charge in [0, 0.05) is 23.6 Å². The number of para-hydroxylation sites is 1. The van der Waals surface area contributed by atoms with E-state index < -0.39 is 0 Å². The Balaban J connectivity index is 2.25. The number of fused-ring (bicyclic) bond motifs is 1. The molecule has 18 heavy (non-hydrogen) atoms. The maximum absolute atomic E-state index is 13.3. The molecule has 0 aliphatic carbocycles. The van der Waals surface area contributed by atoms with Crippen molar-refractivity contribution in [2.45, 2.75) is 0 Å². The molecule has 0 N–H and O–H groups in total. The molecule has 0 saturated heterocycles. The Labute approximate surface area is 113 Å². The molecular formula is C15H11BrFN. The van der Waals surface area contributed by atoms with Crippen molar-refractivity contribution >= 4 is 26.8 Å². The van der Waals surface area contributed by atoms with E-state index in [1.807, 2.05) is 25.2 Å². The summed E-state index contributed by atoms with van der Waals surface area (Å²) in [5.74, 6) is -0.238. The van der Waals surface area contributed by atoms with Gasteiger partial charge in [-0.25, -0.2) is 4.39 Å². The Morgan fingerprint density at radius 2 is 1.83 bits per heavy atom. The summed E-state index contributed by atoms with van der Waals surface area (Å²) in [7, 11) is 2.02. The van der Waals surface area contributed by atoms with Crippen LogP contribution in [0.1, 0.15) is 0 Å². The van der Waals surface area contributed by atoms with Gasteiger partial charge in [-0.2, -0.15) is 0 Å². The van der Waals surface area contributed by atoms with E-state index in [4.69, 9.17) is 0 Å². The first-order valence-corrected chi connectivity index (χ1v) is 6.46. The van der Waals surface area contributed by atoms with Crippen molar-refractivity contribution in [1.82, 2.24) is 4.57 Å². The summed E-state index contributed by atoms with van der Waals surface area (Å²) in [5.41, 5.74) is 3.26. The summed E-state index contributed by atoms with van der Waals surface area (Å²) in [6, 6.07) is 15.4. The van der Waals surface area contributed by atoms with Crippen molar-refractivity contribution in [3.05, 3.63) is 58.8 Å².